The molecule has 3 nitrogen and oxygen atoms in total. The maximum atomic E-state index is 11.9. The van der Waals surface area contributed by atoms with Crippen molar-refractivity contribution in [1.29, 1.82) is 0 Å². The SMILES string of the molecule is CC=CC=CC(=O)N1CCCCC1C(C)N. The van der Waals surface area contributed by atoms with Gasteiger partial charge in [-0.3, -0.25) is 4.79 Å². The lowest BCUT2D eigenvalue weighted by Gasteiger charge is -2.37. The van der Waals surface area contributed by atoms with E-state index in [0.29, 0.717) is 0 Å². The molecule has 0 aromatic carbocycles. The fraction of sp³-hybridized carbons (Fsp3) is 0.615. The molecule has 1 aliphatic heterocycles. The van der Waals surface area contributed by atoms with Crippen LogP contribution in [0.1, 0.15) is 33.1 Å². The van der Waals surface area contributed by atoms with Gasteiger partial charge in [-0.2, -0.15) is 0 Å². The molecule has 0 aliphatic carbocycles. The molecule has 1 aliphatic rings. The lowest BCUT2D eigenvalue weighted by atomic mass is 9.97. The Hall–Kier alpha value is -1.09. The zero-order chi connectivity index (χ0) is 12.0. The summed E-state index contributed by atoms with van der Waals surface area (Å²) in [4.78, 5) is 13.8. The van der Waals surface area contributed by atoms with Crippen LogP contribution in [-0.2, 0) is 4.79 Å². The molecule has 3 heteroatoms. The lowest BCUT2D eigenvalue weighted by molar-refractivity contribution is -0.130. The maximum absolute atomic E-state index is 11.9. The average molecular weight is 222 g/mol. The summed E-state index contributed by atoms with van der Waals surface area (Å²) in [6.45, 7) is 4.75. The van der Waals surface area contributed by atoms with Crippen LogP contribution in [0.5, 0.6) is 0 Å². The number of carbonyl (C=O) groups excluding carboxylic acids is 1. The Kier molecular flexibility index (Phi) is 5.26. The fourth-order valence-electron chi connectivity index (χ4n) is 2.12. The van der Waals surface area contributed by atoms with Gasteiger partial charge in [0.15, 0.2) is 0 Å². The molecule has 0 radical (unpaired) electrons. The van der Waals surface area contributed by atoms with Crippen LogP contribution in [0, 0.1) is 0 Å². The van der Waals surface area contributed by atoms with E-state index in [1.807, 2.05) is 30.9 Å². The first-order valence-corrected chi connectivity index (χ1v) is 6.02. The summed E-state index contributed by atoms with van der Waals surface area (Å²) in [6, 6.07) is 0.260. The van der Waals surface area contributed by atoms with Gasteiger partial charge in [0.1, 0.15) is 0 Å². The van der Waals surface area contributed by atoms with E-state index in [1.54, 1.807) is 12.2 Å². The minimum atomic E-state index is 0.0550. The van der Waals surface area contributed by atoms with Gasteiger partial charge in [-0.05, 0) is 33.1 Å². The molecule has 1 saturated heterocycles. The third kappa shape index (κ3) is 3.49. The smallest absolute Gasteiger partial charge is 0.246 e. The van der Waals surface area contributed by atoms with Crippen molar-refractivity contribution in [2.45, 2.75) is 45.2 Å². The second-order valence-electron chi connectivity index (χ2n) is 4.34. The van der Waals surface area contributed by atoms with Crippen molar-refractivity contribution in [3.8, 4) is 0 Å². The first-order chi connectivity index (χ1) is 7.66. The lowest BCUT2D eigenvalue weighted by Crippen LogP contribution is -2.51. The van der Waals surface area contributed by atoms with Gasteiger partial charge in [0, 0.05) is 24.7 Å². The summed E-state index contributed by atoms with van der Waals surface area (Å²) in [5.74, 6) is 0.0834. The van der Waals surface area contributed by atoms with Crippen LogP contribution in [0.2, 0.25) is 0 Å². The molecule has 1 heterocycles. The Bertz CT molecular complexity index is 282. The van der Waals surface area contributed by atoms with Gasteiger partial charge in [-0.25, -0.2) is 0 Å². The Morgan fingerprint density at radius 1 is 1.44 bits per heavy atom. The van der Waals surface area contributed by atoms with E-state index in [9.17, 15) is 4.79 Å². The summed E-state index contributed by atoms with van der Waals surface area (Å²) < 4.78 is 0. The highest BCUT2D eigenvalue weighted by atomic mass is 16.2. The third-order valence-corrected chi connectivity index (χ3v) is 2.98. The molecule has 90 valence electrons. The fourth-order valence-corrected chi connectivity index (χ4v) is 2.12. The van der Waals surface area contributed by atoms with Gasteiger partial charge >= 0.3 is 0 Å². The molecule has 0 saturated carbocycles. The molecular formula is C13H22N2O. The van der Waals surface area contributed by atoms with Crippen LogP contribution in [0.15, 0.2) is 24.3 Å². The predicted molar refractivity (Wildman–Crippen MR) is 67.0 cm³/mol. The second kappa shape index (κ2) is 6.48. The Morgan fingerprint density at radius 2 is 2.19 bits per heavy atom. The Morgan fingerprint density at radius 3 is 2.81 bits per heavy atom. The van der Waals surface area contributed by atoms with Crippen molar-refractivity contribution >= 4 is 5.91 Å². The first-order valence-electron chi connectivity index (χ1n) is 6.02. The Balaban J connectivity index is 2.64. The number of hydrogen-bond acceptors (Lipinski definition) is 2. The van der Waals surface area contributed by atoms with Gasteiger partial charge in [-0.1, -0.05) is 18.2 Å². The number of amides is 1. The molecular weight excluding hydrogens is 200 g/mol. The summed E-state index contributed by atoms with van der Waals surface area (Å²) in [6.07, 6.45) is 10.5. The normalized spacial score (nSPS) is 24.2. The molecule has 2 N–H and O–H groups in total. The van der Waals surface area contributed by atoms with E-state index in [1.165, 1.54) is 6.42 Å². The third-order valence-electron chi connectivity index (χ3n) is 2.98. The van der Waals surface area contributed by atoms with Crippen molar-refractivity contribution < 1.29 is 4.79 Å². The minimum absolute atomic E-state index is 0.0550. The number of carbonyl (C=O) groups is 1. The van der Waals surface area contributed by atoms with Crippen LogP contribution < -0.4 is 5.73 Å². The van der Waals surface area contributed by atoms with E-state index in [-0.39, 0.29) is 18.0 Å². The molecule has 0 spiro atoms. The number of likely N-dealkylation sites (tertiary alicyclic amines) is 1. The predicted octanol–water partition coefficient (Wildman–Crippen LogP) is 1.85. The largest absolute Gasteiger partial charge is 0.335 e. The minimum Gasteiger partial charge on any atom is -0.335 e. The molecule has 2 atom stereocenters. The molecule has 0 aromatic heterocycles. The summed E-state index contributed by atoms with van der Waals surface area (Å²) in [7, 11) is 0. The molecule has 0 bridgehead atoms. The van der Waals surface area contributed by atoms with E-state index in [4.69, 9.17) is 5.73 Å². The quantitative estimate of drug-likeness (QED) is 0.585. The molecule has 16 heavy (non-hydrogen) atoms. The van der Waals surface area contributed by atoms with Crippen LogP contribution in [-0.4, -0.2) is 29.4 Å². The summed E-state index contributed by atoms with van der Waals surface area (Å²) in [5, 5.41) is 0. The first kappa shape index (κ1) is 13.0. The maximum Gasteiger partial charge on any atom is 0.246 e. The van der Waals surface area contributed by atoms with E-state index in [0.717, 1.165) is 19.4 Å². The number of rotatable bonds is 3. The van der Waals surface area contributed by atoms with E-state index >= 15 is 0 Å². The Labute approximate surface area is 98.0 Å². The van der Waals surface area contributed by atoms with Crippen molar-refractivity contribution in [1.82, 2.24) is 4.90 Å². The molecule has 1 fully saturated rings. The average Bonchev–Trinajstić information content (AvgIpc) is 2.29. The molecule has 1 rings (SSSR count). The van der Waals surface area contributed by atoms with Gasteiger partial charge < -0.3 is 10.6 Å². The van der Waals surface area contributed by atoms with Gasteiger partial charge in [0.2, 0.25) is 5.91 Å². The van der Waals surface area contributed by atoms with Crippen molar-refractivity contribution in [3.63, 3.8) is 0 Å². The zero-order valence-corrected chi connectivity index (χ0v) is 10.2. The van der Waals surface area contributed by atoms with E-state index < -0.39 is 0 Å². The van der Waals surface area contributed by atoms with Crippen molar-refractivity contribution in [2.24, 2.45) is 5.73 Å². The van der Waals surface area contributed by atoms with E-state index in [2.05, 4.69) is 0 Å². The monoisotopic (exact) mass is 222 g/mol. The zero-order valence-electron chi connectivity index (χ0n) is 10.2. The van der Waals surface area contributed by atoms with Gasteiger partial charge in [0.05, 0.1) is 0 Å². The van der Waals surface area contributed by atoms with Crippen LogP contribution in [0.25, 0.3) is 0 Å². The molecule has 0 aromatic rings. The second-order valence-corrected chi connectivity index (χ2v) is 4.34. The van der Waals surface area contributed by atoms with Crippen LogP contribution >= 0.6 is 0 Å². The van der Waals surface area contributed by atoms with Gasteiger partial charge in [0.25, 0.3) is 0 Å². The van der Waals surface area contributed by atoms with Crippen LogP contribution in [0.3, 0.4) is 0 Å². The number of hydrogen-bond donors (Lipinski definition) is 1. The van der Waals surface area contributed by atoms with Crippen LogP contribution in [0.4, 0.5) is 0 Å². The molecule has 1 amide bonds. The van der Waals surface area contributed by atoms with Crippen molar-refractivity contribution in [3.05, 3.63) is 24.3 Å². The number of nitrogens with two attached hydrogens (primary N) is 1. The molecule has 2 unspecified atom stereocenters. The van der Waals surface area contributed by atoms with Gasteiger partial charge in [-0.15, -0.1) is 0 Å². The standard InChI is InChI=1S/C13H22N2O/c1-3-4-5-9-13(16)15-10-7-6-8-12(15)11(2)14/h3-5,9,11-12H,6-8,10,14H2,1-2H3. The number of piperidine rings is 1. The number of allylic oxidation sites excluding steroid dienone is 3. The highest BCUT2D eigenvalue weighted by Crippen LogP contribution is 2.19. The summed E-state index contributed by atoms with van der Waals surface area (Å²) in [5.41, 5.74) is 5.92. The summed E-state index contributed by atoms with van der Waals surface area (Å²) >= 11 is 0. The highest BCUT2D eigenvalue weighted by molar-refractivity contribution is 5.88. The highest BCUT2D eigenvalue weighted by Gasteiger charge is 2.27. The topological polar surface area (TPSA) is 46.3 Å². The van der Waals surface area contributed by atoms with Crippen molar-refractivity contribution in [2.75, 3.05) is 6.54 Å². The number of nitrogens with zero attached hydrogens (tertiary/aromatic N) is 1.